The zero-order chi connectivity index (χ0) is 9.56. The Bertz CT molecular complexity index is 107. The molecule has 0 fully saturated rings. The molecule has 0 saturated heterocycles. The van der Waals surface area contributed by atoms with Crippen LogP contribution in [-0.4, -0.2) is 43.8 Å². The quantitative estimate of drug-likeness (QED) is 0.602. The number of nitrogens with zero attached hydrogens (tertiary/aromatic N) is 1. The second-order valence-corrected chi connectivity index (χ2v) is 3.28. The molecule has 0 aliphatic rings. The molecule has 74 valence electrons. The van der Waals surface area contributed by atoms with E-state index in [4.69, 9.17) is 10.5 Å². The Morgan fingerprint density at radius 3 is 2.42 bits per heavy atom. The third kappa shape index (κ3) is 4.70. The largest absolute Gasteiger partial charge is 0.380 e. The summed E-state index contributed by atoms with van der Waals surface area (Å²) in [5.74, 6) is 0. The van der Waals surface area contributed by atoms with Gasteiger partial charge in [-0.25, -0.2) is 0 Å². The van der Waals surface area contributed by atoms with Crippen LogP contribution in [0.3, 0.4) is 0 Å². The molecule has 2 N–H and O–H groups in total. The number of rotatable bonds is 6. The van der Waals surface area contributed by atoms with Crippen LogP contribution in [0.5, 0.6) is 0 Å². The predicted molar refractivity (Wildman–Crippen MR) is 52.2 cm³/mol. The lowest BCUT2D eigenvalue weighted by atomic mass is 10.1. The first-order chi connectivity index (χ1) is 5.59. The van der Waals surface area contributed by atoms with Crippen molar-refractivity contribution in [3.63, 3.8) is 0 Å². The van der Waals surface area contributed by atoms with E-state index in [-0.39, 0.29) is 6.04 Å². The summed E-state index contributed by atoms with van der Waals surface area (Å²) >= 11 is 0. The molecule has 0 spiro atoms. The molecule has 3 nitrogen and oxygen atoms in total. The molecule has 0 amide bonds. The third-order valence-corrected chi connectivity index (χ3v) is 2.25. The van der Waals surface area contributed by atoms with Crippen molar-refractivity contribution in [1.82, 2.24) is 4.90 Å². The minimum Gasteiger partial charge on any atom is -0.380 e. The van der Waals surface area contributed by atoms with Crippen molar-refractivity contribution >= 4 is 0 Å². The highest BCUT2D eigenvalue weighted by Crippen LogP contribution is 1.98. The number of nitrogens with two attached hydrogens (primary N) is 1. The average Bonchev–Trinajstić information content (AvgIpc) is 2.03. The van der Waals surface area contributed by atoms with Crippen LogP contribution < -0.4 is 5.73 Å². The standard InChI is InChI=1S/C9H22N2O/c1-5-12-7-6-11(4)9(3)8(2)10/h8-9H,5-7,10H2,1-4H3. The Labute approximate surface area is 75.9 Å². The van der Waals surface area contributed by atoms with Gasteiger partial charge in [0.15, 0.2) is 0 Å². The van der Waals surface area contributed by atoms with E-state index in [0.717, 1.165) is 19.8 Å². The summed E-state index contributed by atoms with van der Waals surface area (Å²) in [7, 11) is 2.08. The maximum absolute atomic E-state index is 5.76. The summed E-state index contributed by atoms with van der Waals surface area (Å²) in [6.45, 7) is 8.72. The fourth-order valence-corrected chi connectivity index (χ4v) is 0.958. The molecule has 3 heteroatoms. The molecule has 2 unspecified atom stereocenters. The molecular weight excluding hydrogens is 152 g/mol. The van der Waals surface area contributed by atoms with Gasteiger partial charge in [0.25, 0.3) is 0 Å². The smallest absolute Gasteiger partial charge is 0.0593 e. The van der Waals surface area contributed by atoms with Gasteiger partial charge in [-0.3, -0.25) is 4.90 Å². The number of hydrogen-bond donors (Lipinski definition) is 1. The Morgan fingerprint density at radius 1 is 1.42 bits per heavy atom. The molecule has 0 aromatic carbocycles. The van der Waals surface area contributed by atoms with E-state index in [2.05, 4.69) is 18.9 Å². The predicted octanol–water partition coefficient (Wildman–Crippen LogP) is 0.690. The maximum Gasteiger partial charge on any atom is 0.0593 e. The highest BCUT2D eigenvalue weighted by Gasteiger charge is 2.12. The second kappa shape index (κ2) is 6.40. The molecule has 0 heterocycles. The van der Waals surface area contributed by atoms with Gasteiger partial charge in [-0.1, -0.05) is 0 Å². The van der Waals surface area contributed by atoms with Crippen molar-refractivity contribution < 1.29 is 4.74 Å². The van der Waals surface area contributed by atoms with Gasteiger partial charge < -0.3 is 10.5 Å². The summed E-state index contributed by atoms with van der Waals surface area (Å²) in [5.41, 5.74) is 5.76. The van der Waals surface area contributed by atoms with E-state index < -0.39 is 0 Å². The Balaban J connectivity index is 3.49. The maximum atomic E-state index is 5.76. The molecule has 0 aliphatic heterocycles. The van der Waals surface area contributed by atoms with Gasteiger partial charge in [-0.05, 0) is 27.8 Å². The Kier molecular flexibility index (Phi) is 6.34. The van der Waals surface area contributed by atoms with Crippen molar-refractivity contribution in [2.45, 2.75) is 32.9 Å². The number of likely N-dealkylation sites (N-methyl/N-ethyl adjacent to an activating group) is 1. The zero-order valence-corrected chi connectivity index (χ0v) is 8.71. The van der Waals surface area contributed by atoms with Crippen LogP contribution in [0, 0.1) is 0 Å². The van der Waals surface area contributed by atoms with E-state index in [1.54, 1.807) is 0 Å². The van der Waals surface area contributed by atoms with Crippen LogP contribution in [0.2, 0.25) is 0 Å². The summed E-state index contributed by atoms with van der Waals surface area (Å²) in [6.07, 6.45) is 0. The average molecular weight is 174 g/mol. The molecule has 0 bridgehead atoms. The van der Waals surface area contributed by atoms with Crippen LogP contribution in [0.15, 0.2) is 0 Å². The first-order valence-corrected chi connectivity index (χ1v) is 4.63. The highest BCUT2D eigenvalue weighted by atomic mass is 16.5. The molecule has 2 atom stereocenters. The third-order valence-electron chi connectivity index (χ3n) is 2.25. The van der Waals surface area contributed by atoms with Crippen molar-refractivity contribution in [2.24, 2.45) is 5.73 Å². The molecule has 0 radical (unpaired) electrons. The summed E-state index contributed by atoms with van der Waals surface area (Å²) in [5, 5.41) is 0. The van der Waals surface area contributed by atoms with Gasteiger partial charge in [-0.15, -0.1) is 0 Å². The van der Waals surface area contributed by atoms with Gasteiger partial charge in [0.1, 0.15) is 0 Å². The van der Waals surface area contributed by atoms with Gasteiger partial charge in [0.05, 0.1) is 6.61 Å². The van der Waals surface area contributed by atoms with E-state index in [9.17, 15) is 0 Å². The zero-order valence-electron chi connectivity index (χ0n) is 8.71. The lowest BCUT2D eigenvalue weighted by molar-refractivity contribution is 0.106. The van der Waals surface area contributed by atoms with Crippen LogP contribution >= 0.6 is 0 Å². The lowest BCUT2D eigenvalue weighted by Crippen LogP contribution is -2.43. The second-order valence-electron chi connectivity index (χ2n) is 3.28. The summed E-state index contributed by atoms with van der Waals surface area (Å²) < 4.78 is 5.25. The first kappa shape index (κ1) is 11.9. The Hall–Kier alpha value is -0.120. The monoisotopic (exact) mass is 174 g/mol. The fourth-order valence-electron chi connectivity index (χ4n) is 0.958. The number of hydrogen-bond acceptors (Lipinski definition) is 3. The minimum atomic E-state index is 0.219. The Morgan fingerprint density at radius 2 is 2.00 bits per heavy atom. The van der Waals surface area contributed by atoms with E-state index >= 15 is 0 Å². The van der Waals surface area contributed by atoms with Crippen LogP contribution in [0.25, 0.3) is 0 Å². The van der Waals surface area contributed by atoms with Crippen LogP contribution in [0.1, 0.15) is 20.8 Å². The highest BCUT2D eigenvalue weighted by molar-refractivity contribution is 4.71. The van der Waals surface area contributed by atoms with Crippen LogP contribution in [0.4, 0.5) is 0 Å². The van der Waals surface area contributed by atoms with Crippen molar-refractivity contribution in [3.8, 4) is 0 Å². The first-order valence-electron chi connectivity index (χ1n) is 4.63. The molecular formula is C9H22N2O. The molecule has 0 aromatic heterocycles. The van der Waals surface area contributed by atoms with Crippen molar-refractivity contribution in [2.75, 3.05) is 26.8 Å². The van der Waals surface area contributed by atoms with Gasteiger partial charge in [0.2, 0.25) is 0 Å². The SMILES string of the molecule is CCOCCN(C)C(C)C(C)N. The summed E-state index contributed by atoms with van der Waals surface area (Å²) in [6, 6.07) is 0.641. The van der Waals surface area contributed by atoms with Gasteiger partial charge >= 0.3 is 0 Å². The number of ether oxygens (including phenoxy) is 1. The van der Waals surface area contributed by atoms with Gasteiger partial charge in [-0.2, -0.15) is 0 Å². The van der Waals surface area contributed by atoms with E-state index in [1.807, 2.05) is 13.8 Å². The van der Waals surface area contributed by atoms with E-state index in [0.29, 0.717) is 6.04 Å². The van der Waals surface area contributed by atoms with Crippen LogP contribution in [-0.2, 0) is 4.74 Å². The van der Waals surface area contributed by atoms with Gasteiger partial charge in [0, 0.05) is 25.2 Å². The molecule has 0 saturated carbocycles. The van der Waals surface area contributed by atoms with E-state index in [1.165, 1.54) is 0 Å². The molecule has 0 aromatic rings. The van der Waals surface area contributed by atoms with Crippen molar-refractivity contribution in [3.05, 3.63) is 0 Å². The summed E-state index contributed by atoms with van der Waals surface area (Å²) in [4.78, 5) is 2.22. The molecule has 12 heavy (non-hydrogen) atoms. The minimum absolute atomic E-state index is 0.219. The normalized spacial score (nSPS) is 16.5. The molecule has 0 aliphatic carbocycles. The fraction of sp³-hybridized carbons (Fsp3) is 1.00. The molecule has 0 rings (SSSR count). The van der Waals surface area contributed by atoms with Crippen molar-refractivity contribution in [1.29, 1.82) is 0 Å². The lowest BCUT2D eigenvalue weighted by Gasteiger charge is -2.27. The topological polar surface area (TPSA) is 38.5 Å².